The predicted octanol–water partition coefficient (Wildman–Crippen LogP) is 34.4. The molecule has 0 bridgehead atoms. The molecular formula is C120H81BrN4O2. The summed E-state index contributed by atoms with van der Waals surface area (Å²) in [6.07, 6.45) is 0. The standard InChI is InChI=1S/C60H40N2O.C30H20BrN.C30H21NO/c1-2-11-41(12-3-1)43-25-32-49(33-26-43)61(51-36-29-46(30-37-51)48-31-38-56-55-17-6-9-20-59(55)63-60(56)40-48)50-34-27-44(28-35-50)42-21-23-45(24-22-42)47-13-10-14-52(39-47)62-57-18-7-4-15-53(57)54-16-5-8-19-58(54)62;31-25-18-16-22(17-19-25)21-12-14-23(15-13-21)24-6-5-7-26(20-24)32-29-10-3-1-8-27(29)28-9-2-4-11-30(28)32;1-2-6-21(7-3-1)22-10-15-25(16-11-22)31-26-17-12-23(13-18-26)24-14-19-28-27-8-4-5-9-29(27)32-30(28)20-24/h1-40H;1-20H;1-20,31H. The average molecular weight is 1690 g/mol. The number of rotatable bonds is 15. The number of halogens is 1. The van der Waals surface area contributed by atoms with E-state index in [2.05, 4.69) is 484 Å². The number of hydrogen-bond donors (Lipinski definition) is 1. The van der Waals surface area contributed by atoms with Gasteiger partial charge in [-0.15, -0.1) is 0 Å². The predicted molar refractivity (Wildman–Crippen MR) is 538 cm³/mol. The van der Waals surface area contributed by atoms with E-state index in [0.29, 0.717) is 0 Å². The average Bonchev–Trinajstić information content (AvgIpc) is 1.63. The van der Waals surface area contributed by atoms with E-state index in [4.69, 9.17) is 8.83 Å². The van der Waals surface area contributed by atoms with Crippen LogP contribution in [0.25, 0.3) is 188 Å². The first-order valence-electron chi connectivity index (χ1n) is 43.0. The van der Waals surface area contributed by atoms with Crippen molar-refractivity contribution in [3.05, 3.63) is 490 Å². The zero-order valence-corrected chi connectivity index (χ0v) is 70.8. The van der Waals surface area contributed by atoms with Gasteiger partial charge in [0, 0.05) is 87.4 Å². The lowest BCUT2D eigenvalue weighted by molar-refractivity contribution is 0.668. The highest BCUT2D eigenvalue weighted by molar-refractivity contribution is 9.10. The van der Waals surface area contributed by atoms with Crippen molar-refractivity contribution in [3.8, 4) is 100 Å². The molecule has 0 unspecified atom stereocenters. The van der Waals surface area contributed by atoms with Crippen LogP contribution < -0.4 is 10.2 Å². The van der Waals surface area contributed by atoms with Gasteiger partial charge in [-0.1, -0.05) is 344 Å². The number of nitrogens with zero attached hydrogens (tertiary/aromatic N) is 3. The third-order valence-corrected chi connectivity index (χ3v) is 24.9. The Morgan fingerprint density at radius 2 is 0.417 bits per heavy atom. The van der Waals surface area contributed by atoms with Crippen LogP contribution in [0.2, 0.25) is 0 Å². The van der Waals surface area contributed by atoms with Crippen LogP contribution in [0.5, 0.6) is 0 Å². The highest BCUT2D eigenvalue weighted by Crippen LogP contribution is 2.43. The van der Waals surface area contributed by atoms with Crippen molar-refractivity contribution in [2.75, 3.05) is 10.2 Å². The van der Waals surface area contributed by atoms with E-state index in [1.807, 2.05) is 36.4 Å². The van der Waals surface area contributed by atoms with Crippen LogP contribution >= 0.6 is 15.9 Å². The molecule has 4 heterocycles. The molecular weight excluding hydrogens is 1610 g/mol. The molecule has 0 aliphatic rings. The lowest BCUT2D eigenvalue weighted by Gasteiger charge is -2.26. The molecule has 0 atom stereocenters. The minimum atomic E-state index is 0.900. The maximum Gasteiger partial charge on any atom is 0.136 e. The number of benzene rings is 20. The van der Waals surface area contributed by atoms with Gasteiger partial charge in [0.25, 0.3) is 0 Å². The number of nitrogens with one attached hydrogen (secondary N) is 1. The van der Waals surface area contributed by atoms with Crippen LogP contribution in [-0.2, 0) is 0 Å². The first kappa shape index (κ1) is 76.8. The van der Waals surface area contributed by atoms with E-state index in [1.165, 1.54) is 116 Å². The summed E-state index contributed by atoms with van der Waals surface area (Å²) >= 11 is 3.51. The number of para-hydroxylation sites is 6. The van der Waals surface area contributed by atoms with Gasteiger partial charge in [-0.25, -0.2) is 0 Å². The molecule has 0 amide bonds. The van der Waals surface area contributed by atoms with E-state index < -0.39 is 0 Å². The Morgan fingerprint density at radius 3 is 0.756 bits per heavy atom. The van der Waals surface area contributed by atoms with E-state index in [0.717, 1.165) is 105 Å². The van der Waals surface area contributed by atoms with Crippen molar-refractivity contribution >= 4 is 132 Å². The SMILES string of the molecule is Brc1ccc(-c2ccc(-c3cccc(-n4c5ccccc5c5ccccc54)c3)cc2)cc1.c1ccc(-c2ccc(N(c3ccc(-c4ccc(-c5cccc(-n6c7ccccc7c7ccccc76)c5)cc4)cc3)c3ccc(-c4ccc5c(c4)oc4ccccc45)cc3)cc2)cc1.c1ccc(-c2ccc(Nc3ccc(-c4ccc5c(c4)oc4ccccc45)cc3)cc2)cc1. The van der Waals surface area contributed by atoms with E-state index in [1.54, 1.807) is 0 Å². The lowest BCUT2D eigenvalue weighted by atomic mass is 9.99. The van der Waals surface area contributed by atoms with Crippen LogP contribution in [0.1, 0.15) is 0 Å². The van der Waals surface area contributed by atoms with Gasteiger partial charge in [-0.05, 0) is 247 Å². The molecule has 24 aromatic rings. The maximum atomic E-state index is 6.23. The van der Waals surface area contributed by atoms with Crippen LogP contribution in [0, 0.1) is 0 Å². The van der Waals surface area contributed by atoms with Crippen LogP contribution in [-0.4, -0.2) is 9.13 Å². The molecule has 4 aromatic heterocycles. The van der Waals surface area contributed by atoms with Gasteiger partial charge in [0.2, 0.25) is 0 Å². The topological polar surface area (TPSA) is 51.4 Å². The Hall–Kier alpha value is -16.3. The molecule has 24 rings (SSSR count). The summed E-state index contributed by atoms with van der Waals surface area (Å²) in [4.78, 5) is 2.33. The van der Waals surface area contributed by atoms with E-state index in [9.17, 15) is 0 Å². The molecule has 7 heteroatoms. The second-order valence-electron chi connectivity index (χ2n) is 32.1. The number of fused-ring (bicyclic) bond motifs is 12. The van der Waals surface area contributed by atoms with Gasteiger partial charge < -0.3 is 28.2 Å². The normalized spacial score (nSPS) is 11.3. The highest BCUT2D eigenvalue weighted by atomic mass is 79.9. The zero-order chi connectivity index (χ0) is 84.5. The van der Waals surface area contributed by atoms with Gasteiger partial charge in [0.1, 0.15) is 22.3 Å². The first-order chi connectivity index (χ1) is 62.8. The minimum Gasteiger partial charge on any atom is -0.456 e. The molecule has 6 nitrogen and oxygen atoms in total. The molecule has 0 fully saturated rings. The number of aromatic nitrogens is 2. The number of hydrogen-bond acceptors (Lipinski definition) is 4. The molecule has 0 saturated heterocycles. The molecule has 0 spiro atoms. The van der Waals surface area contributed by atoms with Crippen LogP contribution in [0.15, 0.2) is 499 Å². The zero-order valence-electron chi connectivity index (χ0n) is 69.2. The summed E-state index contributed by atoms with van der Waals surface area (Å²) in [5.41, 5.74) is 35.3. The lowest BCUT2D eigenvalue weighted by Crippen LogP contribution is -2.09. The second kappa shape index (κ2) is 33.8. The molecule has 1 N–H and O–H groups in total. The third-order valence-electron chi connectivity index (χ3n) is 24.4. The van der Waals surface area contributed by atoms with Crippen molar-refractivity contribution in [1.29, 1.82) is 0 Å². The summed E-state index contributed by atoms with van der Waals surface area (Å²) in [5.74, 6) is 0. The second-order valence-corrected chi connectivity index (χ2v) is 33.0. The third kappa shape index (κ3) is 15.4. The smallest absolute Gasteiger partial charge is 0.136 e. The highest BCUT2D eigenvalue weighted by Gasteiger charge is 2.19. The summed E-state index contributed by atoms with van der Waals surface area (Å²) in [6.45, 7) is 0. The van der Waals surface area contributed by atoms with Crippen LogP contribution in [0.3, 0.4) is 0 Å². The van der Waals surface area contributed by atoms with Crippen molar-refractivity contribution in [2.45, 2.75) is 0 Å². The Bertz CT molecular complexity index is 7990. The summed E-state index contributed by atoms with van der Waals surface area (Å²) in [6, 6.07) is 173. The van der Waals surface area contributed by atoms with Gasteiger partial charge >= 0.3 is 0 Å². The molecule has 600 valence electrons. The molecule has 0 radical (unpaired) electrons. The van der Waals surface area contributed by atoms with Crippen LogP contribution in [0.4, 0.5) is 28.4 Å². The number of furan rings is 2. The van der Waals surface area contributed by atoms with Crippen molar-refractivity contribution in [3.63, 3.8) is 0 Å². The van der Waals surface area contributed by atoms with E-state index in [-0.39, 0.29) is 0 Å². The van der Waals surface area contributed by atoms with Gasteiger partial charge in [0.05, 0.1) is 22.1 Å². The maximum absolute atomic E-state index is 6.23. The van der Waals surface area contributed by atoms with Gasteiger partial charge in [-0.3, -0.25) is 0 Å². The Morgan fingerprint density at radius 1 is 0.181 bits per heavy atom. The summed E-state index contributed by atoms with van der Waals surface area (Å²) in [5, 5.41) is 13.2. The van der Waals surface area contributed by atoms with Crippen molar-refractivity contribution in [1.82, 2.24) is 9.13 Å². The first-order valence-corrected chi connectivity index (χ1v) is 43.8. The molecule has 0 aliphatic carbocycles. The summed E-state index contributed by atoms with van der Waals surface area (Å²) in [7, 11) is 0. The van der Waals surface area contributed by atoms with Gasteiger partial charge in [-0.2, -0.15) is 0 Å². The Balaban J connectivity index is 0.000000125. The fourth-order valence-corrected chi connectivity index (χ4v) is 18.3. The molecule has 127 heavy (non-hydrogen) atoms. The Labute approximate surface area is 744 Å². The van der Waals surface area contributed by atoms with Crippen molar-refractivity contribution in [2.24, 2.45) is 0 Å². The quantitative estimate of drug-likeness (QED) is 0.111. The van der Waals surface area contributed by atoms with E-state index >= 15 is 0 Å². The summed E-state index contributed by atoms with van der Waals surface area (Å²) < 4.78 is 18.1. The fourth-order valence-electron chi connectivity index (χ4n) is 18.0. The Kier molecular flexibility index (Phi) is 20.5. The molecule has 0 aliphatic heterocycles. The largest absolute Gasteiger partial charge is 0.456 e. The fraction of sp³-hybridized carbons (Fsp3) is 0. The van der Waals surface area contributed by atoms with Crippen molar-refractivity contribution < 1.29 is 8.83 Å². The monoisotopic (exact) mass is 1690 g/mol. The molecule has 0 saturated carbocycles. The molecule has 20 aromatic carbocycles. The number of anilines is 5. The van der Waals surface area contributed by atoms with Gasteiger partial charge in [0.15, 0.2) is 0 Å². The minimum absolute atomic E-state index is 0.900.